The molecule has 10 nitrogen and oxygen atoms in total. The molecule has 0 radical (unpaired) electrons. The molecule has 0 aromatic rings. The number of carbonyl (C=O) groups excluding carboxylic acids is 3. The molecule has 0 saturated heterocycles. The molecule has 0 bridgehead atoms. The van der Waals surface area contributed by atoms with E-state index in [1.807, 2.05) is 0 Å². The van der Waals surface area contributed by atoms with Crippen LogP contribution in [0, 0.1) is 0 Å². The zero-order chi connectivity index (χ0) is 25.5. The summed E-state index contributed by atoms with van der Waals surface area (Å²) in [6.45, 7) is 16.0. The van der Waals surface area contributed by atoms with Gasteiger partial charge in [-0.1, -0.05) is 0 Å². The van der Waals surface area contributed by atoms with Crippen molar-refractivity contribution in [3.63, 3.8) is 0 Å². The van der Waals surface area contributed by atoms with Gasteiger partial charge in [-0.25, -0.2) is 9.59 Å². The van der Waals surface area contributed by atoms with Crippen LogP contribution in [0.2, 0.25) is 0 Å². The number of amides is 3. The van der Waals surface area contributed by atoms with Gasteiger partial charge in [-0.2, -0.15) is 0 Å². The Balaban J connectivity index is 4.60. The lowest BCUT2D eigenvalue weighted by Gasteiger charge is -2.24. The van der Waals surface area contributed by atoms with Crippen molar-refractivity contribution in [3.05, 3.63) is 0 Å². The maximum Gasteiger partial charge on any atom is 0.407 e. The molecular formula is C23H45N3O7. The molecule has 0 spiro atoms. The Labute approximate surface area is 198 Å². The number of hydrogen-bond acceptors (Lipinski definition) is 7. The summed E-state index contributed by atoms with van der Waals surface area (Å²) in [5, 5.41) is 8.40. The number of alkyl carbamates (subject to hydrolysis) is 2. The quantitative estimate of drug-likeness (QED) is 0.259. The highest BCUT2D eigenvalue weighted by atomic mass is 16.7. The lowest BCUT2D eigenvalue weighted by atomic mass is 10.1. The maximum absolute atomic E-state index is 12.2. The number of ether oxygens (including phenoxy) is 4. The van der Waals surface area contributed by atoms with Gasteiger partial charge in [-0.3, -0.25) is 4.79 Å². The molecule has 0 aromatic heterocycles. The van der Waals surface area contributed by atoms with Gasteiger partial charge in [0.15, 0.2) is 0 Å². The third kappa shape index (κ3) is 18.1. The zero-order valence-electron chi connectivity index (χ0n) is 21.7. The average molecular weight is 476 g/mol. The Morgan fingerprint density at radius 2 is 1.18 bits per heavy atom. The summed E-state index contributed by atoms with van der Waals surface area (Å²) in [6.07, 6.45) is 0.641. The Morgan fingerprint density at radius 1 is 0.727 bits per heavy atom. The molecule has 10 heteroatoms. The molecule has 0 aliphatic rings. The predicted octanol–water partition coefficient (Wildman–Crippen LogP) is 3.48. The minimum absolute atomic E-state index is 0.174. The first-order valence-corrected chi connectivity index (χ1v) is 11.7. The molecular weight excluding hydrogens is 430 g/mol. The number of rotatable bonds is 14. The minimum Gasteiger partial charge on any atom is -0.444 e. The van der Waals surface area contributed by atoms with Crippen molar-refractivity contribution < 1.29 is 33.3 Å². The second-order valence-electron chi connectivity index (χ2n) is 9.59. The topological polar surface area (TPSA) is 124 Å². The molecule has 0 rings (SSSR count). The van der Waals surface area contributed by atoms with Crippen LogP contribution >= 0.6 is 0 Å². The van der Waals surface area contributed by atoms with Crippen LogP contribution in [-0.4, -0.2) is 67.9 Å². The van der Waals surface area contributed by atoms with Crippen LogP contribution in [0.25, 0.3) is 0 Å². The summed E-state index contributed by atoms with van der Waals surface area (Å²) < 4.78 is 21.1. The van der Waals surface area contributed by atoms with E-state index in [0.29, 0.717) is 52.0 Å². The van der Waals surface area contributed by atoms with Crippen LogP contribution in [-0.2, 0) is 23.7 Å². The van der Waals surface area contributed by atoms with E-state index in [2.05, 4.69) is 16.0 Å². The number of nitrogens with one attached hydrogen (secondary N) is 3. The molecule has 0 aromatic carbocycles. The Kier molecular flexibility index (Phi) is 14.7. The van der Waals surface area contributed by atoms with Crippen molar-refractivity contribution in [2.75, 3.05) is 26.3 Å². The van der Waals surface area contributed by atoms with Crippen molar-refractivity contribution in [2.45, 2.75) is 105 Å². The summed E-state index contributed by atoms with van der Waals surface area (Å²) in [6, 6.07) is -0.174. The molecule has 33 heavy (non-hydrogen) atoms. The van der Waals surface area contributed by atoms with Crippen LogP contribution in [0.5, 0.6) is 0 Å². The number of carbonyl (C=O) groups is 3. The zero-order valence-corrected chi connectivity index (χ0v) is 21.7. The first-order valence-electron chi connectivity index (χ1n) is 11.7. The number of hydrogen-bond donors (Lipinski definition) is 3. The fourth-order valence-electron chi connectivity index (χ4n) is 2.76. The van der Waals surface area contributed by atoms with Gasteiger partial charge in [0.1, 0.15) is 11.2 Å². The molecule has 0 heterocycles. The van der Waals surface area contributed by atoms with E-state index < -0.39 is 29.7 Å². The van der Waals surface area contributed by atoms with Crippen molar-refractivity contribution in [2.24, 2.45) is 0 Å². The summed E-state index contributed by atoms with van der Waals surface area (Å²) in [5.74, 6) is -0.322. The van der Waals surface area contributed by atoms with Crippen LogP contribution < -0.4 is 16.0 Å². The van der Waals surface area contributed by atoms with E-state index in [-0.39, 0.29) is 11.9 Å². The SMILES string of the molecule is CCOC(OCC)C(=O)NCCCC(CCCNC(=O)OC(C)(C)C)NC(=O)OC(C)(C)C. The van der Waals surface area contributed by atoms with Crippen molar-refractivity contribution >= 4 is 18.1 Å². The first kappa shape index (κ1) is 30.9. The van der Waals surface area contributed by atoms with Gasteiger partial charge in [0.05, 0.1) is 0 Å². The molecule has 0 aliphatic heterocycles. The molecule has 3 N–H and O–H groups in total. The Hall–Kier alpha value is -2.07. The highest BCUT2D eigenvalue weighted by Crippen LogP contribution is 2.10. The van der Waals surface area contributed by atoms with Crippen molar-refractivity contribution in [3.8, 4) is 0 Å². The van der Waals surface area contributed by atoms with Gasteiger partial charge in [0, 0.05) is 32.3 Å². The fraction of sp³-hybridized carbons (Fsp3) is 0.870. The van der Waals surface area contributed by atoms with Gasteiger partial charge in [-0.15, -0.1) is 0 Å². The molecule has 0 aliphatic carbocycles. The third-order valence-corrected chi connectivity index (χ3v) is 4.00. The normalized spacial score (nSPS) is 12.8. The molecule has 1 unspecified atom stereocenters. The highest BCUT2D eigenvalue weighted by molar-refractivity contribution is 5.79. The van der Waals surface area contributed by atoms with Gasteiger partial charge in [0.2, 0.25) is 6.29 Å². The molecule has 0 saturated carbocycles. The molecule has 3 amide bonds. The first-order chi connectivity index (χ1) is 15.3. The van der Waals surface area contributed by atoms with Crippen LogP contribution in [0.4, 0.5) is 9.59 Å². The van der Waals surface area contributed by atoms with Gasteiger partial charge in [0.25, 0.3) is 5.91 Å². The smallest absolute Gasteiger partial charge is 0.407 e. The summed E-state index contributed by atoms with van der Waals surface area (Å²) in [7, 11) is 0. The summed E-state index contributed by atoms with van der Waals surface area (Å²) in [5.41, 5.74) is -1.16. The average Bonchev–Trinajstić information content (AvgIpc) is 2.65. The maximum atomic E-state index is 12.2. The highest BCUT2D eigenvalue weighted by Gasteiger charge is 2.21. The van der Waals surface area contributed by atoms with Crippen LogP contribution in [0.3, 0.4) is 0 Å². The minimum atomic E-state index is -0.922. The largest absolute Gasteiger partial charge is 0.444 e. The van der Waals surface area contributed by atoms with E-state index in [0.717, 1.165) is 0 Å². The second kappa shape index (κ2) is 15.7. The van der Waals surface area contributed by atoms with E-state index in [9.17, 15) is 14.4 Å². The van der Waals surface area contributed by atoms with Gasteiger partial charge < -0.3 is 34.9 Å². The van der Waals surface area contributed by atoms with Gasteiger partial charge in [-0.05, 0) is 81.1 Å². The van der Waals surface area contributed by atoms with Crippen LogP contribution in [0.15, 0.2) is 0 Å². The van der Waals surface area contributed by atoms with Crippen molar-refractivity contribution in [1.82, 2.24) is 16.0 Å². The van der Waals surface area contributed by atoms with Crippen molar-refractivity contribution in [1.29, 1.82) is 0 Å². The Bertz CT molecular complexity index is 580. The molecule has 1 atom stereocenters. The van der Waals surface area contributed by atoms with E-state index in [4.69, 9.17) is 18.9 Å². The van der Waals surface area contributed by atoms with Gasteiger partial charge >= 0.3 is 12.2 Å². The second-order valence-corrected chi connectivity index (χ2v) is 9.59. The summed E-state index contributed by atoms with van der Waals surface area (Å²) in [4.78, 5) is 36.2. The predicted molar refractivity (Wildman–Crippen MR) is 126 cm³/mol. The summed E-state index contributed by atoms with van der Waals surface area (Å²) >= 11 is 0. The van der Waals surface area contributed by atoms with Crippen LogP contribution in [0.1, 0.15) is 81.1 Å². The molecule has 194 valence electrons. The van der Waals surface area contributed by atoms with E-state index >= 15 is 0 Å². The lowest BCUT2D eigenvalue weighted by molar-refractivity contribution is -0.170. The third-order valence-electron chi connectivity index (χ3n) is 4.00. The Morgan fingerprint density at radius 3 is 1.64 bits per heavy atom. The van der Waals surface area contributed by atoms with E-state index in [1.54, 1.807) is 55.4 Å². The van der Waals surface area contributed by atoms with E-state index in [1.165, 1.54) is 0 Å². The standard InChI is InChI=1S/C23H45N3O7/c1-9-30-19(31-10-2)18(27)24-15-11-13-17(26-21(29)33-23(6,7)8)14-12-16-25-20(28)32-22(3,4)5/h17,19H,9-16H2,1-8H3,(H,24,27)(H,25,28)(H,26,29). The monoisotopic (exact) mass is 475 g/mol. The fourth-order valence-corrected chi connectivity index (χ4v) is 2.76. The molecule has 0 fully saturated rings. The lowest BCUT2D eigenvalue weighted by Crippen LogP contribution is -2.41.